The minimum Gasteiger partial charge on any atom is -0.392 e. The summed E-state index contributed by atoms with van der Waals surface area (Å²) in [5.74, 6) is -0.212. The van der Waals surface area contributed by atoms with Crippen LogP contribution >= 0.6 is 0 Å². The van der Waals surface area contributed by atoms with Crippen molar-refractivity contribution in [2.45, 2.75) is 32.5 Å². The summed E-state index contributed by atoms with van der Waals surface area (Å²) in [6.45, 7) is 8.47. The number of rotatable bonds is 9. The van der Waals surface area contributed by atoms with Crippen molar-refractivity contribution < 1.29 is 9.50 Å². The third kappa shape index (κ3) is 5.34. The number of aliphatic hydroxyl groups is 1. The van der Waals surface area contributed by atoms with Crippen molar-refractivity contribution in [1.82, 2.24) is 9.47 Å². The number of aliphatic hydroxyl groups excluding tert-OH is 1. The molecule has 0 spiro atoms. The lowest BCUT2D eigenvalue weighted by atomic mass is 10.2. The molecule has 1 heterocycles. The fraction of sp³-hybridized carbons (Fsp3) is 0.368. The smallest absolute Gasteiger partial charge is 0.123 e. The van der Waals surface area contributed by atoms with Crippen molar-refractivity contribution in [2.24, 2.45) is 0 Å². The van der Waals surface area contributed by atoms with Crippen LogP contribution in [0.1, 0.15) is 24.6 Å². The van der Waals surface area contributed by atoms with Crippen LogP contribution < -0.4 is 0 Å². The highest BCUT2D eigenvalue weighted by Gasteiger charge is 2.12. The molecule has 0 radical (unpaired) electrons. The van der Waals surface area contributed by atoms with Gasteiger partial charge in [0.1, 0.15) is 5.82 Å². The lowest BCUT2D eigenvalue weighted by molar-refractivity contribution is 0.111. The Morgan fingerprint density at radius 1 is 1.35 bits per heavy atom. The summed E-state index contributed by atoms with van der Waals surface area (Å²) in [5.41, 5.74) is 2.07. The maximum absolute atomic E-state index is 13.3. The van der Waals surface area contributed by atoms with E-state index in [1.54, 1.807) is 12.1 Å². The summed E-state index contributed by atoms with van der Waals surface area (Å²) in [6, 6.07) is 10.7. The van der Waals surface area contributed by atoms with Gasteiger partial charge in [-0.25, -0.2) is 4.39 Å². The number of aromatic nitrogens is 1. The fourth-order valence-corrected chi connectivity index (χ4v) is 2.62. The van der Waals surface area contributed by atoms with E-state index in [2.05, 4.69) is 22.1 Å². The Labute approximate surface area is 137 Å². The molecule has 0 bridgehead atoms. The first kappa shape index (κ1) is 17.4. The molecule has 0 aliphatic carbocycles. The van der Waals surface area contributed by atoms with E-state index in [9.17, 15) is 9.50 Å². The van der Waals surface area contributed by atoms with E-state index < -0.39 is 0 Å². The Hall–Kier alpha value is -1.91. The number of hydrogen-bond donors (Lipinski definition) is 1. The van der Waals surface area contributed by atoms with Gasteiger partial charge in [-0.15, -0.1) is 6.58 Å². The Morgan fingerprint density at radius 2 is 2.17 bits per heavy atom. The molecule has 2 aromatic rings. The van der Waals surface area contributed by atoms with Gasteiger partial charge in [-0.3, -0.25) is 4.90 Å². The summed E-state index contributed by atoms with van der Waals surface area (Å²) in [7, 11) is 0. The van der Waals surface area contributed by atoms with Crippen LogP contribution in [0.15, 0.2) is 55.3 Å². The zero-order valence-electron chi connectivity index (χ0n) is 13.7. The first-order chi connectivity index (χ1) is 11.1. The van der Waals surface area contributed by atoms with E-state index in [1.807, 2.05) is 31.3 Å². The molecule has 0 amide bonds. The topological polar surface area (TPSA) is 28.4 Å². The minimum atomic E-state index is -0.332. The van der Waals surface area contributed by atoms with Gasteiger partial charge in [0.05, 0.1) is 6.10 Å². The van der Waals surface area contributed by atoms with Crippen LogP contribution in [0.5, 0.6) is 0 Å². The molecular weight excluding hydrogens is 291 g/mol. The first-order valence-electron chi connectivity index (χ1n) is 8.02. The average molecular weight is 316 g/mol. The number of nitrogens with zero attached hydrogens (tertiary/aromatic N) is 2. The lowest BCUT2D eigenvalue weighted by Gasteiger charge is -2.24. The maximum Gasteiger partial charge on any atom is 0.123 e. The van der Waals surface area contributed by atoms with Crippen molar-refractivity contribution in [3.05, 3.63) is 72.3 Å². The van der Waals surface area contributed by atoms with E-state index in [0.717, 1.165) is 30.8 Å². The predicted molar refractivity (Wildman–Crippen MR) is 91.7 cm³/mol. The molecule has 1 aromatic carbocycles. The molecule has 4 heteroatoms. The van der Waals surface area contributed by atoms with E-state index in [0.29, 0.717) is 13.1 Å². The van der Waals surface area contributed by atoms with E-state index in [-0.39, 0.29) is 11.9 Å². The molecule has 0 aliphatic heterocycles. The largest absolute Gasteiger partial charge is 0.392 e. The molecule has 2 rings (SSSR count). The second kappa shape index (κ2) is 8.65. The zero-order valence-corrected chi connectivity index (χ0v) is 13.7. The SMILES string of the molecule is C=CCN(Cc1cccn1Cc1cccc(F)c1)CC(O)CC. The third-order valence-corrected chi connectivity index (χ3v) is 3.88. The lowest BCUT2D eigenvalue weighted by Crippen LogP contribution is -2.32. The van der Waals surface area contributed by atoms with Crippen LogP contribution in [0.25, 0.3) is 0 Å². The first-order valence-corrected chi connectivity index (χ1v) is 8.02. The Kier molecular flexibility index (Phi) is 6.56. The molecule has 124 valence electrons. The van der Waals surface area contributed by atoms with Crippen molar-refractivity contribution >= 4 is 0 Å². The van der Waals surface area contributed by atoms with E-state index in [4.69, 9.17) is 0 Å². The van der Waals surface area contributed by atoms with Gasteiger partial charge in [-0.05, 0) is 36.2 Å². The molecular formula is C19H25FN2O. The molecule has 0 fully saturated rings. The summed E-state index contributed by atoms with van der Waals surface area (Å²) in [6.07, 6.45) is 4.25. The molecule has 1 N–H and O–H groups in total. The van der Waals surface area contributed by atoms with Crippen LogP contribution in [0.3, 0.4) is 0 Å². The molecule has 23 heavy (non-hydrogen) atoms. The van der Waals surface area contributed by atoms with Crippen LogP contribution in [-0.4, -0.2) is 33.8 Å². The van der Waals surface area contributed by atoms with Crippen molar-refractivity contribution in [2.75, 3.05) is 13.1 Å². The second-order valence-electron chi connectivity index (χ2n) is 5.80. The van der Waals surface area contributed by atoms with Crippen LogP contribution in [0.2, 0.25) is 0 Å². The predicted octanol–water partition coefficient (Wildman–Crippen LogP) is 3.43. The zero-order chi connectivity index (χ0) is 16.7. The molecule has 1 aromatic heterocycles. The molecule has 1 unspecified atom stereocenters. The Balaban J connectivity index is 2.08. The van der Waals surface area contributed by atoms with Gasteiger partial charge in [-0.1, -0.05) is 25.1 Å². The monoisotopic (exact) mass is 316 g/mol. The number of hydrogen-bond acceptors (Lipinski definition) is 2. The second-order valence-corrected chi connectivity index (χ2v) is 5.80. The van der Waals surface area contributed by atoms with Gasteiger partial charge >= 0.3 is 0 Å². The molecule has 3 nitrogen and oxygen atoms in total. The van der Waals surface area contributed by atoms with Gasteiger partial charge in [0, 0.05) is 38.1 Å². The van der Waals surface area contributed by atoms with Crippen molar-refractivity contribution in [3.8, 4) is 0 Å². The van der Waals surface area contributed by atoms with Crippen LogP contribution in [0.4, 0.5) is 4.39 Å². The van der Waals surface area contributed by atoms with Crippen molar-refractivity contribution in [1.29, 1.82) is 0 Å². The summed E-state index contributed by atoms with van der Waals surface area (Å²) in [4.78, 5) is 2.17. The highest BCUT2D eigenvalue weighted by molar-refractivity contribution is 5.19. The van der Waals surface area contributed by atoms with Crippen LogP contribution in [0, 0.1) is 5.82 Å². The van der Waals surface area contributed by atoms with Gasteiger partial charge in [0.2, 0.25) is 0 Å². The minimum absolute atomic E-state index is 0.212. The van der Waals surface area contributed by atoms with E-state index >= 15 is 0 Å². The highest BCUT2D eigenvalue weighted by atomic mass is 19.1. The fourth-order valence-electron chi connectivity index (χ4n) is 2.62. The normalized spacial score (nSPS) is 12.5. The summed E-state index contributed by atoms with van der Waals surface area (Å²) in [5, 5.41) is 9.89. The maximum atomic E-state index is 13.3. The third-order valence-electron chi connectivity index (χ3n) is 3.88. The van der Waals surface area contributed by atoms with Gasteiger partial charge < -0.3 is 9.67 Å². The quantitative estimate of drug-likeness (QED) is 0.718. The molecule has 0 saturated heterocycles. The summed E-state index contributed by atoms with van der Waals surface area (Å²) < 4.78 is 15.4. The van der Waals surface area contributed by atoms with Gasteiger partial charge in [-0.2, -0.15) is 0 Å². The van der Waals surface area contributed by atoms with Gasteiger partial charge in [0.25, 0.3) is 0 Å². The average Bonchev–Trinajstić information content (AvgIpc) is 2.94. The highest BCUT2D eigenvalue weighted by Crippen LogP contribution is 2.12. The Bertz CT molecular complexity index is 623. The number of halogens is 1. The van der Waals surface area contributed by atoms with Gasteiger partial charge in [0.15, 0.2) is 0 Å². The summed E-state index contributed by atoms with van der Waals surface area (Å²) >= 11 is 0. The molecule has 0 aliphatic rings. The standard InChI is InChI=1S/C19H25FN2O/c1-3-10-21(15-19(23)4-2)14-18-9-6-11-22(18)13-16-7-5-8-17(20)12-16/h3,5-9,11-12,19,23H,1,4,10,13-15H2,2H3. The Morgan fingerprint density at radius 3 is 2.87 bits per heavy atom. The molecule has 0 saturated carbocycles. The van der Waals surface area contributed by atoms with Crippen molar-refractivity contribution in [3.63, 3.8) is 0 Å². The van der Waals surface area contributed by atoms with E-state index in [1.165, 1.54) is 6.07 Å². The number of benzene rings is 1. The van der Waals surface area contributed by atoms with Crippen LogP contribution in [-0.2, 0) is 13.1 Å². The molecule has 1 atom stereocenters.